The van der Waals surface area contributed by atoms with Crippen LogP contribution in [0.2, 0.25) is 0 Å². The minimum Gasteiger partial charge on any atom is -0.493 e. The van der Waals surface area contributed by atoms with Gasteiger partial charge in [0.25, 0.3) is 5.91 Å². The first-order chi connectivity index (χ1) is 12.2. The van der Waals surface area contributed by atoms with Crippen molar-refractivity contribution in [1.82, 2.24) is 9.80 Å². The van der Waals surface area contributed by atoms with E-state index in [9.17, 15) is 9.90 Å². The van der Waals surface area contributed by atoms with Gasteiger partial charge in [-0.2, -0.15) is 0 Å². The number of nitrogens with zero attached hydrogens (tertiary/aromatic N) is 2. The van der Waals surface area contributed by atoms with E-state index in [1.54, 1.807) is 17.0 Å². The van der Waals surface area contributed by atoms with E-state index in [0.29, 0.717) is 25.4 Å². The van der Waals surface area contributed by atoms with Crippen molar-refractivity contribution < 1.29 is 19.1 Å². The van der Waals surface area contributed by atoms with Gasteiger partial charge in [0.2, 0.25) is 0 Å². The second-order valence-electron chi connectivity index (χ2n) is 6.66. The van der Waals surface area contributed by atoms with Crippen LogP contribution in [0.1, 0.15) is 21.7 Å². The first-order valence-corrected chi connectivity index (χ1v) is 8.67. The number of benzene rings is 1. The molecule has 6 heteroatoms. The fourth-order valence-corrected chi connectivity index (χ4v) is 3.54. The van der Waals surface area contributed by atoms with E-state index >= 15 is 0 Å². The maximum Gasteiger partial charge on any atom is 0.289 e. The Labute approximate surface area is 146 Å². The lowest BCUT2D eigenvalue weighted by atomic mass is 10.1. The molecule has 0 spiro atoms. The number of hydrogen-bond acceptors (Lipinski definition) is 5. The Balaban J connectivity index is 1.42. The van der Waals surface area contributed by atoms with E-state index in [0.717, 1.165) is 31.9 Å². The monoisotopic (exact) mass is 342 g/mol. The SMILES string of the molecule is O=C(c1ccco1)N1CCN(Cc2ccc3c(c2)CCO3)CC(O)C1. The smallest absolute Gasteiger partial charge is 0.289 e. The van der Waals surface area contributed by atoms with Gasteiger partial charge in [0, 0.05) is 39.1 Å². The highest BCUT2D eigenvalue weighted by Gasteiger charge is 2.26. The summed E-state index contributed by atoms with van der Waals surface area (Å²) in [4.78, 5) is 16.3. The van der Waals surface area contributed by atoms with Crippen LogP contribution in [0.15, 0.2) is 41.0 Å². The molecule has 1 fully saturated rings. The first-order valence-electron chi connectivity index (χ1n) is 8.67. The minimum atomic E-state index is -0.570. The molecule has 0 saturated carbocycles. The van der Waals surface area contributed by atoms with Crippen molar-refractivity contribution in [3.05, 3.63) is 53.5 Å². The van der Waals surface area contributed by atoms with Gasteiger partial charge in [-0.1, -0.05) is 12.1 Å². The standard InChI is InChI=1S/C19H22N2O4/c22-16-12-20(11-14-3-4-17-15(10-14)5-9-25-17)6-7-21(13-16)19(23)18-2-1-8-24-18/h1-4,8,10,16,22H,5-7,9,11-13H2. The number of carbonyl (C=O) groups is 1. The van der Waals surface area contributed by atoms with Gasteiger partial charge in [-0.15, -0.1) is 0 Å². The van der Waals surface area contributed by atoms with Crippen molar-refractivity contribution in [2.45, 2.75) is 19.1 Å². The number of aliphatic hydroxyl groups excluding tert-OH is 1. The molecule has 132 valence electrons. The highest BCUT2D eigenvalue weighted by Crippen LogP contribution is 2.26. The summed E-state index contributed by atoms with van der Waals surface area (Å²) in [7, 11) is 0. The highest BCUT2D eigenvalue weighted by molar-refractivity contribution is 5.91. The van der Waals surface area contributed by atoms with Crippen molar-refractivity contribution >= 4 is 5.91 Å². The van der Waals surface area contributed by atoms with E-state index in [-0.39, 0.29) is 5.91 Å². The van der Waals surface area contributed by atoms with Gasteiger partial charge in [-0.05, 0) is 29.3 Å². The van der Waals surface area contributed by atoms with E-state index < -0.39 is 6.10 Å². The van der Waals surface area contributed by atoms with Crippen LogP contribution in [0.5, 0.6) is 5.75 Å². The zero-order chi connectivity index (χ0) is 17.2. The van der Waals surface area contributed by atoms with Crippen LogP contribution < -0.4 is 4.74 Å². The molecule has 2 aliphatic heterocycles. The van der Waals surface area contributed by atoms with E-state index in [1.807, 2.05) is 6.07 Å². The molecule has 0 radical (unpaired) electrons. The fourth-order valence-electron chi connectivity index (χ4n) is 3.54. The Morgan fingerprint density at radius 3 is 3.00 bits per heavy atom. The number of rotatable bonds is 3. The summed E-state index contributed by atoms with van der Waals surface area (Å²) in [6.45, 7) is 3.68. The number of aliphatic hydroxyl groups is 1. The second kappa shape index (κ2) is 6.90. The van der Waals surface area contributed by atoms with Gasteiger partial charge in [0.15, 0.2) is 5.76 Å². The summed E-state index contributed by atoms with van der Waals surface area (Å²) in [6, 6.07) is 9.65. The van der Waals surface area contributed by atoms with Gasteiger partial charge in [-0.25, -0.2) is 0 Å². The maximum atomic E-state index is 12.4. The van der Waals surface area contributed by atoms with E-state index in [2.05, 4.69) is 17.0 Å². The Bertz CT molecular complexity index is 744. The zero-order valence-corrected chi connectivity index (χ0v) is 14.1. The molecule has 6 nitrogen and oxygen atoms in total. The molecule has 1 unspecified atom stereocenters. The molecule has 1 aromatic heterocycles. The van der Waals surface area contributed by atoms with Crippen molar-refractivity contribution in [2.24, 2.45) is 0 Å². The zero-order valence-electron chi connectivity index (χ0n) is 14.1. The molecule has 0 aliphatic carbocycles. The molecule has 0 bridgehead atoms. The van der Waals surface area contributed by atoms with Gasteiger partial charge in [0.05, 0.1) is 19.0 Å². The van der Waals surface area contributed by atoms with Crippen LogP contribution in [-0.2, 0) is 13.0 Å². The molecule has 1 amide bonds. The predicted molar refractivity (Wildman–Crippen MR) is 91.5 cm³/mol. The van der Waals surface area contributed by atoms with Crippen molar-refractivity contribution in [2.75, 3.05) is 32.8 Å². The summed E-state index contributed by atoms with van der Waals surface area (Å²) in [6.07, 6.45) is 1.88. The van der Waals surface area contributed by atoms with Crippen LogP contribution in [0.4, 0.5) is 0 Å². The molecule has 3 heterocycles. The third kappa shape index (κ3) is 3.55. The fraction of sp³-hybridized carbons (Fsp3) is 0.421. The van der Waals surface area contributed by atoms with Crippen LogP contribution in [0.3, 0.4) is 0 Å². The van der Waals surface area contributed by atoms with E-state index in [4.69, 9.17) is 9.15 Å². The molecule has 2 aromatic rings. The van der Waals surface area contributed by atoms with Crippen LogP contribution >= 0.6 is 0 Å². The van der Waals surface area contributed by atoms with Gasteiger partial charge in [-0.3, -0.25) is 9.69 Å². The summed E-state index contributed by atoms with van der Waals surface area (Å²) >= 11 is 0. The van der Waals surface area contributed by atoms with Crippen molar-refractivity contribution in [3.63, 3.8) is 0 Å². The Morgan fingerprint density at radius 2 is 2.16 bits per heavy atom. The molecule has 1 aromatic carbocycles. The Kier molecular flexibility index (Phi) is 4.46. The maximum absolute atomic E-state index is 12.4. The largest absolute Gasteiger partial charge is 0.493 e. The van der Waals surface area contributed by atoms with Crippen molar-refractivity contribution in [3.8, 4) is 5.75 Å². The number of amides is 1. The lowest BCUT2D eigenvalue weighted by molar-refractivity contribution is 0.0634. The Morgan fingerprint density at radius 1 is 1.24 bits per heavy atom. The number of carbonyl (C=O) groups excluding carboxylic acids is 1. The third-order valence-electron chi connectivity index (χ3n) is 4.77. The highest BCUT2D eigenvalue weighted by atomic mass is 16.5. The van der Waals surface area contributed by atoms with Gasteiger partial charge in [0.1, 0.15) is 5.75 Å². The molecular weight excluding hydrogens is 320 g/mol. The molecule has 1 N–H and O–H groups in total. The molecule has 4 rings (SSSR count). The number of hydrogen-bond donors (Lipinski definition) is 1. The molecular formula is C19H22N2O4. The summed E-state index contributed by atoms with van der Waals surface area (Å²) in [5.74, 6) is 1.13. The molecule has 25 heavy (non-hydrogen) atoms. The van der Waals surface area contributed by atoms with Crippen LogP contribution in [-0.4, -0.2) is 59.7 Å². The topological polar surface area (TPSA) is 66.2 Å². The predicted octanol–water partition coefficient (Wildman–Crippen LogP) is 1.53. The summed E-state index contributed by atoms with van der Waals surface area (Å²) < 4.78 is 10.7. The third-order valence-corrected chi connectivity index (χ3v) is 4.77. The van der Waals surface area contributed by atoms with Gasteiger partial charge < -0.3 is 19.2 Å². The number of fused-ring (bicyclic) bond motifs is 1. The molecule has 1 atom stereocenters. The normalized spacial score (nSPS) is 20.8. The second-order valence-corrected chi connectivity index (χ2v) is 6.66. The quantitative estimate of drug-likeness (QED) is 0.916. The average molecular weight is 342 g/mol. The molecule has 1 saturated heterocycles. The van der Waals surface area contributed by atoms with Crippen LogP contribution in [0.25, 0.3) is 0 Å². The minimum absolute atomic E-state index is 0.166. The average Bonchev–Trinajstić information content (AvgIpc) is 3.25. The van der Waals surface area contributed by atoms with Gasteiger partial charge >= 0.3 is 0 Å². The number of β-amino-alcohol motifs (C(OH)–C–C–N with tert-alkyl or cyclic N) is 1. The first kappa shape index (κ1) is 16.2. The lowest BCUT2D eigenvalue weighted by Crippen LogP contribution is -2.37. The number of furan rings is 1. The van der Waals surface area contributed by atoms with Crippen LogP contribution in [0, 0.1) is 0 Å². The summed E-state index contributed by atoms with van der Waals surface area (Å²) in [5, 5.41) is 10.3. The van der Waals surface area contributed by atoms with Crippen molar-refractivity contribution in [1.29, 1.82) is 0 Å². The Hall–Kier alpha value is -2.31. The number of ether oxygens (including phenoxy) is 1. The molecule has 2 aliphatic rings. The summed E-state index contributed by atoms with van der Waals surface area (Å²) in [5.41, 5.74) is 2.46. The van der Waals surface area contributed by atoms with E-state index in [1.165, 1.54) is 17.4 Å². The lowest BCUT2D eigenvalue weighted by Gasteiger charge is -2.21.